The molecule has 2 aromatic rings. The predicted molar refractivity (Wildman–Crippen MR) is 79.6 cm³/mol. The zero-order valence-corrected chi connectivity index (χ0v) is 11.8. The second kappa shape index (κ2) is 6.39. The van der Waals surface area contributed by atoms with Gasteiger partial charge in [-0.3, -0.25) is 4.98 Å². The normalized spacial score (nSPS) is 10.3. The maximum absolute atomic E-state index is 11.2. The number of carboxylic acids is 1. The highest BCUT2D eigenvalue weighted by Gasteiger charge is 2.14. The second-order valence-electron chi connectivity index (χ2n) is 4.46. The molecule has 5 heteroatoms. The Hall–Kier alpha value is -2.07. The molecule has 0 spiro atoms. The van der Waals surface area contributed by atoms with Gasteiger partial charge in [0, 0.05) is 36.9 Å². The molecule has 0 amide bonds. The molecule has 1 aromatic heterocycles. The van der Waals surface area contributed by atoms with Crippen molar-refractivity contribution in [1.82, 2.24) is 4.98 Å². The number of likely N-dealkylation sites (N-methyl/N-ethyl adjacent to an activating group) is 1. The number of benzene rings is 1. The Bertz CT molecular complexity index is 602. The molecule has 104 valence electrons. The number of nitrogens with zero attached hydrogens (tertiary/aromatic N) is 2. The summed E-state index contributed by atoms with van der Waals surface area (Å²) in [4.78, 5) is 17.4. The Kier molecular flexibility index (Phi) is 4.58. The first-order valence-electron chi connectivity index (χ1n) is 6.22. The summed E-state index contributed by atoms with van der Waals surface area (Å²) in [5.74, 6) is -0.957. The van der Waals surface area contributed by atoms with Crippen molar-refractivity contribution in [3.05, 3.63) is 58.9 Å². The van der Waals surface area contributed by atoms with Crippen molar-refractivity contribution >= 4 is 23.3 Å². The van der Waals surface area contributed by atoms with Crippen LogP contribution in [-0.4, -0.2) is 29.7 Å². The number of pyridine rings is 1. The highest BCUT2D eigenvalue weighted by Crippen LogP contribution is 2.24. The first-order valence-corrected chi connectivity index (χ1v) is 6.59. The number of hydrogen-bond donors (Lipinski definition) is 1. The zero-order chi connectivity index (χ0) is 14.5. The van der Waals surface area contributed by atoms with Gasteiger partial charge in [-0.1, -0.05) is 17.7 Å². The smallest absolute Gasteiger partial charge is 0.337 e. The van der Waals surface area contributed by atoms with Gasteiger partial charge >= 0.3 is 5.97 Å². The summed E-state index contributed by atoms with van der Waals surface area (Å²) < 4.78 is 0. The van der Waals surface area contributed by atoms with Crippen molar-refractivity contribution in [2.45, 2.75) is 6.42 Å². The van der Waals surface area contributed by atoms with E-state index in [0.717, 1.165) is 12.1 Å². The third-order valence-electron chi connectivity index (χ3n) is 3.03. The van der Waals surface area contributed by atoms with Crippen molar-refractivity contribution in [2.75, 3.05) is 18.5 Å². The highest BCUT2D eigenvalue weighted by atomic mass is 35.5. The van der Waals surface area contributed by atoms with Crippen LogP contribution >= 0.6 is 11.6 Å². The molecular formula is C15H15ClN2O2. The molecule has 0 aliphatic carbocycles. The average molecular weight is 291 g/mol. The minimum atomic E-state index is -0.957. The van der Waals surface area contributed by atoms with Crippen LogP contribution in [-0.2, 0) is 6.42 Å². The van der Waals surface area contributed by atoms with Crippen molar-refractivity contribution in [3.63, 3.8) is 0 Å². The van der Waals surface area contributed by atoms with E-state index in [4.69, 9.17) is 11.6 Å². The van der Waals surface area contributed by atoms with E-state index >= 15 is 0 Å². The number of carbonyl (C=O) groups is 1. The largest absolute Gasteiger partial charge is 0.478 e. The summed E-state index contributed by atoms with van der Waals surface area (Å²) in [5.41, 5.74) is 1.83. The average Bonchev–Trinajstić information content (AvgIpc) is 2.45. The van der Waals surface area contributed by atoms with Crippen LogP contribution in [0.3, 0.4) is 0 Å². The SMILES string of the molecule is CN(CCc1ccccn1)c1cc(Cl)ccc1C(=O)O. The number of aromatic nitrogens is 1. The molecule has 4 nitrogen and oxygen atoms in total. The molecule has 1 heterocycles. The van der Waals surface area contributed by atoms with Crippen LogP contribution in [0.5, 0.6) is 0 Å². The number of aromatic carboxylic acids is 1. The predicted octanol–water partition coefficient (Wildman–Crippen LogP) is 3.11. The van der Waals surface area contributed by atoms with Gasteiger partial charge in [0.15, 0.2) is 0 Å². The van der Waals surface area contributed by atoms with Crippen LogP contribution in [0.4, 0.5) is 5.69 Å². The molecule has 20 heavy (non-hydrogen) atoms. The minimum absolute atomic E-state index is 0.248. The molecule has 0 atom stereocenters. The summed E-state index contributed by atoms with van der Waals surface area (Å²) in [6, 6.07) is 10.5. The fourth-order valence-corrected chi connectivity index (χ4v) is 2.12. The van der Waals surface area contributed by atoms with E-state index in [9.17, 15) is 9.90 Å². The highest BCUT2D eigenvalue weighted by molar-refractivity contribution is 6.31. The molecule has 0 radical (unpaired) electrons. The second-order valence-corrected chi connectivity index (χ2v) is 4.90. The monoisotopic (exact) mass is 290 g/mol. The van der Waals surface area contributed by atoms with Crippen LogP contribution in [0.2, 0.25) is 5.02 Å². The van der Waals surface area contributed by atoms with Gasteiger partial charge in [-0.15, -0.1) is 0 Å². The minimum Gasteiger partial charge on any atom is -0.478 e. The van der Waals surface area contributed by atoms with Gasteiger partial charge in [0.05, 0.1) is 11.3 Å². The van der Waals surface area contributed by atoms with Crippen molar-refractivity contribution in [1.29, 1.82) is 0 Å². The third kappa shape index (κ3) is 3.48. The van der Waals surface area contributed by atoms with Gasteiger partial charge in [0.1, 0.15) is 0 Å². The molecule has 0 bridgehead atoms. The maximum atomic E-state index is 11.2. The zero-order valence-electron chi connectivity index (χ0n) is 11.1. The molecule has 0 unspecified atom stereocenters. The molecule has 0 saturated carbocycles. The van der Waals surface area contributed by atoms with E-state index in [1.54, 1.807) is 18.3 Å². The number of halogens is 1. The summed E-state index contributed by atoms with van der Waals surface area (Å²) in [7, 11) is 1.85. The lowest BCUT2D eigenvalue weighted by Gasteiger charge is -2.21. The van der Waals surface area contributed by atoms with Crippen LogP contribution in [0.15, 0.2) is 42.6 Å². The molecule has 1 aromatic carbocycles. The molecule has 0 saturated heterocycles. The maximum Gasteiger partial charge on any atom is 0.337 e. The van der Waals surface area contributed by atoms with Crippen molar-refractivity contribution in [3.8, 4) is 0 Å². The quantitative estimate of drug-likeness (QED) is 0.919. The molecule has 0 aliphatic heterocycles. The fraction of sp³-hybridized carbons (Fsp3) is 0.200. The van der Waals surface area contributed by atoms with Gasteiger partial charge in [-0.25, -0.2) is 4.79 Å². The van der Waals surface area contributed by atoms with Crippen LogP contribution in [0.1, 0.15) is 16.1 Å². The van der Waals surface area contributed by atoms with E-state index < -0.39 is 5.97 Å². The van der Waals surface area contributed by atoms with E-state index in [1.807, 2.05) is 30.1 Å². The Morgan fingerprint density at radius 3 is 2.80 bits per heavy atom. The first kappa shape index (κ1) is 14.3. The standard InChI is InChI=1S/C15H15ClN2O2/c1-18(9-7-12-4-2-3-8-17-12)14-10-11(16)5-6-13(14)15(19)20/h2-6,8,10H,7,9H2,1H3,(H,19,20). The lowest BCUT2D eigenvalue weighted by Crippen LogP contribution is -2.23. The summed E-state index contributed by atoms with van der Waals surface area (Å²) >= 11 is 5.95. The topological polar surface area (TPSA) is 53.4 Å². The van der Waals surface area contributed by atoms with Crippen molar-refractivity contribution < 1.29 is 9.90 Å². The molecular weight excluding hydrogens is 276 g/mol. The third-order valence-corrected chi connectivity index (χ3v) is 3.27. The first-order chi connectivity index (χ1) is 9.58. The summed E-state index contributed by atoms with van der Waals surface area (Å²) in [5, 5.41) is 9.73. The molecule has 2 rings (SSSR count). The van der Waals surface area contributed by atoms with Crippen LogP contribution < -0.4 is 4.90 Å². The van der Waals surface area contributed by atoms with Crippen LogP contribution in [0, 0.1) is 0 Å². The summed E-state index contributed by atoms with van der Waals surface area (Å²) in [6.07, 6.45) is 2.49. The number of anilines is 1. The van der Waals surface area contributed by atoms with E-state index in [1.165, 1.54) is 6.07 Å². The van der Waals surface area contributed by atoms with E-state index in [2.05, 4.69) is 4.98 Å². The summed E-state index contributed by atoms with van der Waals surface area (Å²) in [6.45, 7) is 0.664. The number of carboxylic acid groups (broad SMARTS) is 1. The molecule has 0 fully saturated rings. The lowest BCUT2D eigenvalue weighted by molar-refractivity contribution is 0.0697. The molecule has 0 aliphatic rings. The van der Waals surface area contributed by atoms with Gasteiger partial charge in [0.2, 0.25) is 0 Å². The van der Waals surface area contributed by atoms with Gasteiger partial charge in [0.25, 0.3) is 0 Å². The Balaban J connectivity index is 2.14. The Labute approximate surface area is 122 Å². The Morgan fingerprint density at radius 1 is 1.35 bits per heavy atom. The van der Waals surface area contributed by atoms with Gasteiger partial charge < -0.3 is 10.0 Å². The van der Waals surface area contributed by atoms with E-state index in [0.29, 0.717) is 17.3 Å². The number of hydrogen-bond acceptors (Lipinski definition) is 3. The lowest BCUT2D eigenvalue weighted by atomic mass is 10.1. The fourth-order valence-electron chi connectivity index (χ4n) is 1.95. The van der Waals surface area contributed by atoms with E-state index in [-0.39, 0.29) is 5.56 Å². The van der Waals surface area contributed by atoms with Crippen molar-refractivity contribution in [2.24, 2.45) is 0 Å². The Morgan fingerprint density at radius 2 is 2.15 bits per heavy atom. The van der Waals surface area contributed by atoms with Gasteiger partial charge in [-0.2, -0.15) is 0 Å². The molecule has 1 N–H and O–H groups in total. The van der Waals surface area contributed by atoms with Gasteiger partial charge in [-0.05, 0) is 30.3 Å². The van der Waals surface area contributed by atoms with Crippen LogP contribution in [0.25, 0.3) is 0 Å². The number of rotatable bonds is 5.